The van der Waals surface area contributed by atoms with E-state index in [1.807, 2.05) is 40.1 Å². The zero-order chi connectivity index (χ0) is 17.1. The Hall–Kier alpha value is -3.09. The van der Waals surface area contributed by atoms with E-state index in [2.05, 4.69) is 10.1 Å². The zero-order valence-corrected chi connectivity index (χ0v) is 13.7. The molecule has 0 aliphatic carbocycles. The van der Waals surface area contributed by atoms with E-state index in [1.54, 1.807) is 6.07 Å². The fraction of sp³-hybridized carbons (Fsp3) is 0.278. The number of hydrogen-bond donors (Lipinski definition) is 0. The Morgan fingerprint density at radius 3 is 2.72 bits per heavy atom. The normalized spacial score (nSPS) is 15.2. The van der Waals surface area contributed by atoms with E-state index in [0.29, 0.717) is 37.0 Å². The van der Waals surface area contributed by atoms with Crippen molar-refractivity contribution in [1.82, 2.24) is 15.0 Å². The molecule has 0 atom stereocenters. The summed E-state index contributed by atoms with van der Waals surface area (Å²) in [6.07, 6.45) is 3.84. The fourth-order valence-electron chi connectivity index (χ4n) is 2.93. The maximum atomic E-state index is 12.4. The molecule has 1 saturated heterocycles. The van der Waals surface area contributed by atoms with E-state index in [1.165, 1.54) is 12.5 Å². The number of furan rings is 1. The van der Waals surface area contributed by atoms with Gasteiger partial charge in [-0.05, 0) is 12.5 Å². The number of benzene rings is 1. The van der Waals surface area contributed by atoms with E-state index in [0.717, 1.165) is 18.5 Å². The summed E-state index contributed by atoms with van der Waals surface area (Å²) < 4.78 is 10.4. The number of carbonyl (C=O) groups is 1. The van der Waals surface area contributed by atoms with Crippen LogP contribution in [0.4, 0.5) is 6.01 Å². The van der Waals surface area contributed by atoms with Gasteiger partial charge in [0.2, 0.25) is 5.82 Å². The minimum absolute atomic E-state index is 0.00824. The topological polar surface area (TPSA) is 75.6 Å². The maximum absolute atomic E-state index is 12.4. The highest BCUT2D eigenvalue weighted by atomic mass is 16.5. The van der Waals surface area contributed by atoms with Crippen LogP contribution in [0.5, 0.6) is 0 Å². The number of hydrogen-bond acceptors (Lipinski definition) is 6. The molecule has 0 radical (unpaired) electrons. The van der Waals surface area contributed by atoms with Gasteiger partial charge in [-0.25, -0.2) is 0 Å². The molecular formula is C18H18N4O3. The summed E-state index contributed by atoms with van der Waals surface area (Å²) in [5, 5.41) is 4.07. The van der Waals surface area contributed by atoms with E-state index in [9.17, 15) is 4.79 Å². The summed E-state index contributed by atoms with van der Waals surface area (Å²) in [7, 11) is 0. The Labute approximate surface area is 144 Å². The average molecular weight is 338 g/mol. The van der Waals surface area contributed by atoms with Crippen molar-refractivity contribution < 1.29 is 13.7 Å². The van der Waals surface area contributed by atoms with Gasteiger partial charge in [-0.1, -0.05) is 35.5 Å². The zero-order valence-electron chi connectivity index (χ0n) is 13.7. The molecule has 7 heteroatoms. The largest absolute Gasteiger partial charge is 0.472 e. The third-order valence-corrected chi connectivity index (χ3v) is 4.27. The number of aromatic nitrogens is 2. The molecule has 25 heavy (non-hydrogen) atoms. The number of amides is 1. The van der Waals surface area contributed by atoms with Crippen LogP contribution in [-0.4, -0.2) is 47.1 Å². The Balaban J connectivity index is 1.45. The molecule has 0 saturated carbocycles. The highest BCUT2D eigenvalue weighted by Crippen LogP contribution is 2.21. The summed E-state index contributed by atoms with van der Waals surface area (Å²) in [6, 6.07) is 11.9. The highest BCUT2D eigenvalue weighted by molar-refractivity contribution is 5.93. The molecule has 0 spiro atoms. The Morgan fingerprint density at radius 2 is 1.92 bits per heavy atom. The second-order valence-corrected chi connectivity index (χ2v) is 5.91. The molecule has 1 aliphatic heterocycles. The van der Waals surface area contributed by atoms with Gasteiger partial charge in [0.1, 0.15) is 6.26 Å². The first kappa shape index (κ1) is 15.4. The molecule has 1 fully saturated rings. The van der Waals surface area contributed by atoms with Crippen LogP contribution >= 0.6 is 0 Å². The smallest absolute Gasteiger partial charge is 0.324 e. The van der Waals surface area contributed by atoms with E-state index in [-0.39, 0.29) is 5.91 Å². The SMILES string of the molecule is O=C(c1ccoc1)N1CCCN(c2nc(-c3ccccc3)no2)CC1. The van der Waals surface area contributed by atoms with Crippen molar-refractivity contribution in [2.24, 2.45) is 0 Å². The summed E-state index contributed by atoms with van der Waals surface area (Å²) in [5.41, 5.74) is 1.50. The van der Waals surface area contributed by atoms with E-state index < -0.39 is 0 Å². The molecule has 0 N–H and O–H groups in total. The third-order valence-electron chi connectivity index (χ3n) is 4.27. The van der Waals surface area contributed by atoms with Crippen molar-refractivity contribution in [3.63, 3.8) is 0 Å². The van der Waals surface area contributed by atoms with Crippen LogP contribution in [0.3, 0.4) is 0 Å². The van der Waals surface area contributed by atoms with Crippen LogP contribution in [0.15, 0.2) is 57.9 Å². The Bertz CT molecular complexity index is 829. The minimum Gasteiger partial charge on any atom is -0.472 e. The van der Waals surface area contributed by atoms with Gasteiger partial charge in [0.25, 0.3) is 5.91 Å². The van der Waals surface area contributed by atoms with E-state index >= 15 is 0 Å². The van der Waals surface area contributed by atoms with Crippen molar-refractivity contribution >= 4 is 11.9 Å². The number of nitrogens with zero attached hydrogens (tertiary/aromatic N) is 4. The van der Waals surface area contributed by atoms with Crippen molar-refractivity contribution in [2.45, 2.75) is 6.42 Å². The predicted octanol–water partition coefficient (Wildman–Crippen LogP) is 2.68. The van der Waals surface area contributed by atoms with E-state index in [4.69, 9.17) is 8.94 Å². The Kier molecular flexibility index (Phi) is 4.20. The molecule has 3 aromatic rings. The fourth-order valence-corrected chi connectivity index (χ4v) is 2.93. The lowest BCUT2D eigenvalue weighted by Crippen LogP contribution is -2.35. The first-order valence-corrected chi connectivity index (χ1v) is 8.27. The molecule has 4 rings (SSSR count). The summed E-state index contributed by atoms with van der Waals surface area (Å²) >= 11 is 0. The van der Waals surface area contributed by atoms with Crippen LogP contribution in [-0.2, 0) is 0 Å². The predicted molar refractivity (Wildman–Crippen MR) is 91.2 cm³/mol. The van der Waals surface area contributed by atoms with Crippen LogP contribution in [0.1, 0.15) is 16.8 Å². The number of carbonyl (C=O) groups excluding carboxylic acids is 1. The van der Waals surface area contributed by atoms with Gasteiger partial charge in [-0.15, -0.1) is 0 Å². The van der Waals surface area contributed by atoms with Gasteiger partial charge in [0.05, 0.1) is 11.8 Å². The van der Waals surface area contributed by atoms with Gasteiger partial charge in [0.15, 0.2) is 0 Å². The highest BCUT2D eigenvalue weighted by Gasteiger charge is 2.23. The van der Waals surface area contributed by atoms with Crippen molar-refractivity contribution in [3.05, 3.63) is 54.5 Å². The van der Waals surface area contributed by atoms with Crippen molar-refractivity contribution in [3.8, 4) is 11.4 Å². The number of rotatable bonds is 3. The van der Waals surface area contributed by atoms with Crippen LogP contribution in [0.2, 0.25) is 0 Å². The lowest BCUT2D eigenvalue weighted by Gasteiger charge is -2.20. The first-order valence-electron chi connectivity index (χ1n) is 8.27. The minimum atomic E-state index is -0.00824. The van der Waals surface area contributed by atoms with Crippen LogP contribution < -0.4 is 4.90 Å². The summed E-state index contributed by atoms with van der Waals surface area (Å²) in [5.74, 6) is 0.567. The second kappa shape index (κ2) is 6.80. The van der Waals surface area contributed by atoms with Gasteiger partial charge in [0, 0.05) is 31.7 Å². The van der Waals surface area contributed by atoms with Gasteiger partial charge >= 0.3 is 6.01 Å². The van der Waals surface area contributed by atoms with Crippen LogP contribution in [0.25, 0.3) is 11.4 Å². The monoisotopic (exact) mass is 338 g/mol. The molecule has 128 valence electrons. The van der Waals surface area contributed by atoms with Crippen molar-refractivity contribution in [1.29, 1.82) is 0 Å². The molecule has 1 aromatic carbocycles. The second-order valence-electron chi connectivity index (χ2n) is 5.91. The van der Waals surface area contributed by atoms with Gasteiger partial charge in [-0.2, -0.15) is 4.98 Å². The molecular weight excluding hydrogens is 320 g/mol. The molecule has 7 nitrogen and oxygen atoms in total. The lowest BCUT2D eigenvalue weighted by atomic mass is 10.2. The third kappa shape index (κ3) is 3.26. The first-order chi connectivity index (χ1) is 12.3. The molecule has 0 bridgehead atoms. The molecule has 2 aromatic heterocycles. The molecule has 1 amide bonds. The van der Waals surface area contributed by atoms with Crippen molar-refractivity contribution in [2.75, 3.05) is 31.1 Å². The van der Waals surface area contributed by atoms with Crippen LogP contribution in [0, 0.1) is 0 Å². The summed E-state index contributed by atoms with van der Waals surface area (Å²) in [6.45, 7) is 2.72. The average Bonchev–Trinajstić information content (AvgIpc) is 3.30. The summed E-state index contributed by atoms with van der Waals surface area (Å²) in [4.78, 5) is 20.8. The quantitative estimate of drug-likeness (QED) is 0.731. The standard InChI is InChI=1S/C18H18N4O3/c23-17(15-7-12-24-13-15)21-8-4-9-22(11-10-21)18-19-16(20-25-18)14-5-2-1-3-6-14/h1-3,5-7,12-13H,4,8-11H2. The number of anilines is 1. The lowest BCUT2D eigenvalue weighted by molar-refractivity contribution is 0.0766. The molecule has 1 aliphatic rings. The van der Waals surface area contributed by atoms with Gasteiger partial charge < -0.3 is 18.7 Å². The maximum Gasteiger partial charge on any atom is 0.324 e. The van der Waals surface area contributed by atoms with Gasteiger partial charge in [-0.3, -0.25) is 4.79 Å². The molecule has 0 unspecified atom stereocenters. The molecule has 3 heterocycles. The Morgan fingerprint density at radius 1 is 1.04 bits per heavy atom.